The first-order valence-corrected chi connectivity index (χ1v) is 4.67. The van der Waals surface area contributed by atoms with Crippen LogP contribution in [0.5, 0.6) is 0 Å². The van der Waals surface area contributed by atoms with Gasteiger partial charge in [-0.15, -0.1) is 0 Å². The molecule has 0 aliphatic carbocycles. The van der Waals surface area contributed by atoms with E-state index in [1.165, 1.54) is 25.3 Å². The molecule has 0 aliphatic heterocycles. The summed E-state index contributed by atoms with van der Waals surface area (Å²) in [6, 6.07) is 0. The Kier molecular flexibility index (Phi) is 9.65. The topological polar surface area (TPSA) is 17.1 Å². The van der Waals surface area contributed by atoms with Gasteiger partial charge < -0.3 is 0 Å². The van der Waals surface area contributed by atoms with E-state index in [0.29, 0.717) is 0 Å². The summed E-state index contributed by atoms with van der Waals surface area (Å²) in [4.78, 5) is 9.86. The van der Waals surface area contributed by atoms with E-state index in [-0.39, 0.29) is 0 Å². The van der Waals surface area contributed by atoms with Gasteiger partial charge in [-0.1, -0.05) is 43.8 Å². The van der Waals surface area contributed by atoms with Gasteiger partial charge in [0.15, 0.2) is 0 Å². The second-order valence-electron chi connectivity index (χ2n) is 2.66. The molecule has 0 bridgehead atoms. The first-order chi connectivity index (χ1) is 6.41. The Bertz CT molecular complexity index is 225. The van der Waals surface area contributed by atoms with Crippen LogP contribution in [-0.2, 0) is 4.79 Å². The number of allylic oxidation sites excluding steroid dienone is 4. The molecule has 0 spiro atoms. The van der Waals surface area contributed by atoms with Crippen LogP contribution >= 0.6 is 0 Å². The SMILES string of the molecule is CCCCCC#CC=CC=CC=O. The standard InChI is InChI=1S/C12H16O/c1-2-3-4-5-6-7-8-9-10-11-12-13/h8-12H,2-5H2,1H3. The molecule has 0 heterocycles. The summed E-state index contributed by atoms with van der Waals surface area (Å²) in [5.41, 5.74) is 0. The summed E-state index contributed by atoms with van der Waals surface area (Å²) < 4.78 is 0. The number of hydrogen-bond acceptors (Lipinski definition) is 1. The number of hydrogen-bond donors (Lipinski definition) is 0. The van der Waals surface area contributed by atoms with Crippen LogP contribution in [0, 0.1) is 11.8 Å². The molecule has 0 N–H and O–H groups in total. The monoisotopic (exact) mass is 176 g/mol. The first kappa shape index (κ1) is 11.7. The lowest BCUT2D eigenvalue weighted by atomic mass is 10.2. The predicted octanol–water partition coefficient (Wildman–Crippen LogP) is 2.88. The largest absolute Gasteiger partial charge is 0.299 e. The van der Waals surface area contributed by atoms with E-state index in [2.05, 4.69) is 18.8 Å². The van der Waals surface area contributed by atoms with Crippen molar-refractivity contribution in [1.82, 2.24) is 0 Å². The molecule has 0 rings (SSSR count). The Labute approximate surface area is 80.5 Å². The zero-order valence-electron chi connectivity index (χ0n) is 8.12. The molecular weight excluding hydrogens is 160 g/mol. The summed E-state index contributed by atoms with van der Waals surface area (Å²) in [6.07, 6.45) is 12.0. The van der Waals surface area contributed by atoms with E-state index in [1.54, 1.807) is 18.2 Å². The summed E-state index contributed by atoms with van der Waals surface area (Å²) >= 11 is 0. The molecule has 70 valence electrons. The molecule has 0 atom stereocenters. The zero-order valence-corrected chi connectivity index (χ0v) is 8.12. The highest BCUT2D eigenvalue weighted by Gasteiger charge is 1.78. The van der Waals surface area contributed by atoms with Crippen LogP contribution in [0.3, 0.4) is 0 Å². The molecule has 1 heteroatoms. The minimum Gasteiger partial charge on any atom is -0.299 e. The lowest BCUT2D eigenvalue weighted by Crippen LogP contribution is -1.70. The van der Waals surface area contributed by atoms with Crippen LogP contribution in [0.15, 0.2) is 24.3 Å². The van der Waals surface area contributed by atoms with Gasteiger partial charge in [0.05, 0.1) is 0 Å². The van der Waals surface area contributed by atoms with Gasteiger partial charge in [0.25, 0.3) is 0 Å². The normalized spacial score (nSPS) is 10.2. The van der Waals surface area contributed by atoms with Crippen molar-refractivity contribution < 1.29 is 4.79 Å². The molecule has 0 amide bonds. The number of aldehydes is 1. The lowest BCUT2D eigenvalue weighted by Gasteiger charge is -1.87. The first-order valence-electron chi connectivity index (χ1n) is 4.67. The van der Waals surface area contributed by atoms with Crippen LogP contribution < -0.4 is 0 Å². The van der Waals surface area contributed by atoms with Crippen molar-refractivity contribution in [2.45, 2.75) is 32.6 Å². The predicted molar refractivity (Wildman–Crippen MR) is 56.3 cm³/mol. The van der Waals surface area contributed by atoms with Gasteiger partial charge in [-0.05, 0) is 18.6 Å². The Morgan fingerprint density at radius 2 is 2.00 bits per heavy atom. The van der Waals surface area contributed by atoms with E-state index in [0.717, 1.165) is 12.7 Å². The summed E-state index contributed by atoms with van der Waals surface area (Å²) in [5.74, 6) is 5.94. The summed E-state index contributed by atoms with van der Waals surface area (Å²) in [5, 5.41) is 0. The van der Waals surface area contributed by atoms with Crippen molar-refractivity contribution in [2.24, 2.45) is 0 Å². The molecule has 0 fully saturated rings. The molecule has 0 aromatic heterocycles. The third kappa shape index (κ3) is 10.7. The van der Waals surface area contributed by atoms with Crippen molar-refractivity contribution in [3.05, 3.63) is 24.3 Å². The van der Waals surface area contributed by atoms with E-state index >= 15 is 0 Å². The lowest BCUT2D eigenvalue weighted by molar-refractivity contribution is -0.104. The van der Waals surface area contributed by atoms with E-state index in [4.69, 9.17) is 0 Å². The van der Waals surface area contributed by atoms with Gasteiger partial charge in [0, 0.05) is 6.42 Å². The minimum absolute atomic E-state index is 0.749. The maximum absolute atomic E-state index is 9.86. The van der Waals surface area contributed by atoms with Crippen molar-refractivity contribution >= 4 is 6.29 Å². The van der Waals surface area contributed by atoms with E-state index in [9.17, 15) is 4.79 Å². The molecule has 0 unspecified atom stereocenters. The van der Waals surface area contributed by atoms with Crippen LogP contribution in [0.4, 0.5) is 0 Å². The minimum atomic E-state index is 0.749. The fourth-order valence-corrected chi connectivity index (χ4v) is 0.808. The third-order valence-electron chi connectivity index (χ3n) is 1.49. The molecule has 0 aromatic carbocycles. The second kappa shape index (κ2) is 10.7. The van der Waals surface area contributed by atoms with Crippen molar-refractivity contribution in [3.63, 3.8) is 0 Å². The quantitative estimate of drug-likeness (QED) is 0.207. The highest BCUT2D eigenvalue weighted by molar-refractivity contribution is 5.65. The second-order valence-corrected chi connectivity index (χ2v) is 2.66. The molecule has 1 nitrogen and oxygen atoms in total. The average Bonchev–Trinajstić information content (AvgIpc) is 2.16. The number of unbranched alkanes of at least 4 members (excludes halogenated alkanes) is 3. The molecular formula is C12H16O. The molecule has 0 aliphatic rings. The molecule has 0 radical (unpaired) electrons. The number of rotatable bonds is 5. The molecule has 0 saturated heterocycles. The van der Waals surface area contributed by atoms with Crippen LogP contribution in [0.25, 0.3) is 0 Å². The Morgan fingerprint density at radius 3 is 2.69 bits per heavy atom. The fraction of sp³-hybridized carbons (Fsp3) is 0.417. The number of carbonyl (C=O) groups excluding carboxylic acids is 1. The Hall–Kier alpha value is -1.29. The smallest absolute Gasteiger partial charge is 0.142 e. The van der Waals surface area contributed by atoms with Gasteiger partial charge in [-0.3, -0.25) is 4.79 Å². The van der Waals surface area contributed by atoms with Gasteiger partial charge in [0.1, 0.15) is 6.29 Å². The molecule has 0 aromatic rings. The maximum Gasteiger partial charge on any atom is 0.142 e. The summed E-state index contributed by atoms with van der Waals surface area (Å²) in [7, 11) is 0. The molecule has 13 heavy (non-hydrogen) atoms. The van der Waals surface area contributed by atoms with E-state index < -0.39 is 0 Å². The van der Waals surface area contributed by atoms with Crippen molar-refractivity contribution in [3.8, 4) is 11.8 Å². The molecule has 0 saturated carbocycles. The van der Waals surface area contributed by atoms with Gasteiger partial charge >= 0.3 is 0 Å². The third-order valence-corrected chi connectivity index (χ3v) is 1.49. The number of carbonyl (C=O) groups is 1. The van der Waals surface area contributed by atoms with Gasteiger partial charge in [-0.25, -0.2) is 0 Å². The van der Waals surface area contributed by atoms with Gasteiger partial charge in [0.2, 0.25) is 0 Å². The van der Waals surface area contributed by atoms with Gasteiger partial charge in [-0.2, -0.15) is 0 Å². The van der Waals surface area contributed by atoms with Crippen molar-refractivity contribution in [2.75, 3.05) is 0 Å². The Balaban J connectivity index is 3.43. The zero-order chi connectivity index (χ0) is 9.78. The highest BCUT2D eigenvalue weighted by Crippen LogP contribution is 1.96. The van der Waals surface area contributed by atoms with Crippen LogP contribution in [0.2, 0.25) is 0 Å². The van der Waals surface area contributed by atoms with E-state index in [1.807, 2.05) is 0 Å². The fourth-order valence-electron chi connectivity index (χ4n) is 0.808. The van der Waals surface area contributed by atoms with Crippen molar-refractivity contribution in [1.29, 1.82) is 0 Å². The van der Waals surface area contributed by atoms with Crippen LogP contribution in [-0.4, -0.2) is 6.29 Å². The summed E-state index contributed by atoms with van der Waals surface area (Å²) in [6.45, 7) is 2.18. The maximum atomic E-state index is 9.86. The van der Waals surface area contributed by atoms with Crippen LogP contribution in [0.1, 0.15) is 32.6 Å². The average molecular weight is 176 g/mol. The highest BCUT2D eigenvalue weighted by atomic mass is 16.1. The Morgan fingerprint density at radius 1 is 1.15 bits per heavy atom.